The first-order chi connectivity index (χ1) is 8.26. The maximum absolute atomic E-state index is 12.5. The minimum absolute atomic E-state index is 0.136. The van der Waals surface area contributed by atoms with E-state index in [0.29, 0.717) is 6.54 Å². The van der Waals surface area contributed by atoms with Crippen molar-refractivity contribution in [2.45, 2.75) is 38.0 Å². The van der Waals surface area contributed by atoms with Crippen LogP contribution in [0.5, 0.6) is 0 Å². The van der Waals surface area contributed by atoms with Gasteiger partial charge in [0.1, 0.15) is 5.60 Å². The van der Waals surface area contributed by atoms with Gasteiger partial charge < -0.3 is 19.5 Å². The van der Waals surface area contributed by atoms with Crippen molar-refractivity contribution < 1.29 is 19.4 Å². The molecule has 0 radical (unpaired) electrons. The first-order valence-corrected chi connectivity index (χ1v) is 6.16. The first kappa shape index (κ1) is 11.7. The van der Waals surface area contributed by atoms with Gasteiger partial charge in [-0.25, -0.2) is 0 Å². The van der Waals surface area contributed by atoms with Gasteiger partial charge in [0.2, 0.25) is 5.91 Å². The minimum atomic E-state index is -1.19. The zero-order valence-corrected chi connectivity index (χ0v) is 10.7. The fourth-order valence-electron chi connectivity index (χ4n) is 3.34. The van der Waals surface area contributed by atoms with Crippen molar-refractivity contribution in [1.29, 1.82) is 0 Å². The number of likely N-dealkylation sites (tertiary alicyclic amines) is 1. The van der Waals surface area contributed by atoms with E-state index >= 15 is 0 Å². The summed E-state index contributed by atoms with van der Waals surface area (Å²) >= 11 is 0. The Morgan fingerprint density at radius 3 is 2.78 bits per heavy atom. The third kappa shape index (κ3) is 1.25. The lowest BCUT2D eigenvalue weighted by molar-refractivity contribution is -0.313. The molecule has 1 amide bonds. The number of carboxylic acids is 1. The van der Waals surface area contributed by atoms with E-state index in [9.17, 15) is 14.7 Å². The van der Waals surface area contributed by atoms with Crippen LogP contribution in [-0.4, -0.2) is 40.6 Å². The van der Waals surface area contributed by atoms with Crippen molar-refractivity contribution in [3.63, 3.8) is 0 Å². The van der Waals surface area contributed by atoms with Gasteiger partial charge in [0.05, 0.1) is 18.6 Å². The molecular weight excluding hydrogens is 234 g/mol. The molecule has 0 unspecified atom stereocenters. The summed E-state index contributed by atoms with van der Waals surface area (Å²) in [4.78, 5) is 25.4. The third-order valence-corrected chi connectivity index (χ3v) is 4.18. The molecule has 2 saturated heterocycles. The van der Waals surface area contributed by atoms with E-state index < -0.39 is 29.5 Å². The number of hydrogen-bond donors (Lipinski definition) is 0. The van der Waals surface area contributed by atoms with Crippen LogP contribution in [0.25, 0.3) is 0 Å². The zero-order valence-electron chi connectivity index (χ0n) is 10.7. The molecule has 0 aromatic carbocycles. The number of aliphatic carboxylic acids is 1. The smallest absolute Gasteiger partial charge is 0.230 e. The SMILES string of the molecule is CC(C)(C)N1C[C@@]23C=C[C@H](O2)[C@H](C(=O)[O-])[C@@H]3C1=O. The van der Waals surface area contributed by atoms with Crippen LogP contribution >= 0.6 is 0 Å². The summed E-state index contributed by atoms with van der Waals surface area (Å²) in [6.45, 7) is 6.24. The van der Waals surface area contributed by atoms with E-state index in [0.717, 1.165) is 0 Å². The van der Waals surface area contributed by atoms with Crippen molar-refractivity contribution in [1.82, 2.24) is 4.90 Å². The topological polar surface area (TPSA) is 69.7 Å². The molecule has 1 spiro atoms. The van der Waals surface area contributed by atoms with Crippen LogP contribution in [0, 0.1) is 11.8 Å². The molecule has 3 aliphatic heterocycles. The molecule has 2 fully saturated rings. The molecule has 0 N–H and O–H groups in total. The van der Waals surface area contributed by atoms with Crippen molar-refractivity contribution in [2.24, 2.45) is 11.8 Å². The van der Waals surface area contributed by atoms with E-state index in [1.54, 1.807) is 11.0 Å². The number of nitrogens with zero attached hydrogens (tertiary/aromatic N) is 1. The second kappa shape index (κ2) is 3.15. The largest absolute Gasteiger partial charge is 0.550 e. The monoisotopic (exact) mass is 250 g/mol. The summed E-state index contributed by atoms with van der Waals surface area (Å²) in [6.07, 6.45) is 3.09. The lowest BCUT2D eigenvalue weighted by Gasteiger charge is -2.33. The van der Waals surface area contributed by atoms with Gasteiger partial charge in [0.25, 0.3) is 0 Å². The Hall–Kier alpha value is -1.36. The van der Waals surface area contributed by atoms with Crippen LogP contribution in [0.2, 0.25) is 0 Å². The maximum atomic E-state index is 12.5. The summed E-state index contributed by atoms with van der Waals surface area (Å²) in [5.74, 6) is -2.81. The molecule has 3 rings (SSSR count). The van der Waals surface area contributed by atoms with Crippen LogP contribution in [0.15, 0.2) is 12.2 Å². The highest BCUT2D eigenvalue weighted by atomic mass is 16.5. The van der Waals surface area contributed by atoms with Crippen molar-refractivity contribution in [2.75, 3.05) is 6.54 Å². The van der Waals surface area contributed by atoms with Crippen LogP contribution in [0.3, 0.4) is 0 Å². The Bertz CT molecular complexity index is 464. The average molecular weight is 250 g/mol. The van der Waals surface area contributed by atoms with Crippen LogP contribution in [0.4, 0.5) is 0 Å². The quantitative estimate of drug-likeness (QED) is 0.578. The summed E-state index contributed by atoms with van der Waals surface area (Å²) in [5, 5.41) is 11.2. The van der Waals surface area contributed by atoms with Crippen LogP contribution in [0.1, 0.15) is 20.8 Å². The number of amides is 1. The van der Waals surface area contributed by atoms with Gasteiger partial charge in [-0.05, 0) is 20.8 Å². The van der Waals surface area contributed by atoms with E-state index in [2.05, 4.69) is 0 Å². The van der Waals surface area contributed by atoms with Gasteiger partial charge in [-0.15, -0.1) is 0 Å². The van der Waals surface area contributed by atoms with E-state index in [1.165, 1.54) is 0 Å². The summed E-state index contributed by atoms with van der Waals surface area (Å²) in [7, 11) is 0. The van der Waals surface area contributed by atoms with Gasteiger partial charge in [-0.3, -0.25) is 4.79 Å². The van der Waals surface area contributed by atoms with Crippen molar-refractivity contribution >= 4 is 11.9 Å². The van der Waals surface area contributed by atoms with E-state index in [4.69, 9.17) is 4.74 Å². The number of fused-ring (bicyclic) bond motifs is 1. The number of hydrogen-bond acceptors (Lipinski definition) is 4. The second-order valence-electron chi connectivity index (χ2n) is 6.31. The molecule has 2 bridgehead atoms. The lowest BCUT2D eigenvalue weighted by atomic mass is 9.77. The molecule has 0 aromatic rings. The molecule has 0 aromatic heterocycles. The number of carbonyl (C=O) groups excluding carboxylic acids is 2. The highest BCUT2D eigenvalue weighted by Crippen LogP contribution is 2.52. The Morgan fingerprint density at radius 1 is 1.56 bits per heavy atom. The van der Waals surface area contributed by atoms with Crippen LogP contribution in [-0.2, 0) is 14.3 Å². The zero-order chi connectivity index (χ0) is 13.3. The minimum Gasteiger partial charge on any atom is -0.550 e. The number of carbonyl (C=O) groups is 2. The number of carboxylic acid groups (broad SMARTS) is 1. The maximum Gasteiger partial charge on any atom is 0.230 e. The molecular formula is C13H16NO4-. The summed E-state index contributed by atoms with van der Waals surface area (Å²) in [6, 6.07) is 0. The molecule has 0 aliphatic carbocycles. The molecule has 3 aliphatic rings. The molecule has 5 nitrogen and oxygen atoms in total. The highest BCUT2D eigenvalue weighted by molar-refractivity contribution is 5.90. The first-order valence-electron chi connectivity index (χ1n) is 6.16. The Kier molecular flexibility index (Phi) is 2.05. The molecule has 5 heteroatoms. The third-order valence-electron chi connectivity index (χ3n) is 4.18. The predicted octanol–water partition coefficient (Wildman–Crippen LogP) is -0.683. The van der Waals surface area contributed by atoms with E-state index in [-0.39, 0.29) is 11.4 Å². The Balaban J connectivity index is 2.02. The molecule has 0 saturated carbocycles. The van der Waals surface area contributed by atoms with Crippen LogP contribution < -0.4 is 5.11 Å². The molecule has 4 atom stereocenters. The normalized spacial score (nSPS) is 41.6. The lowest BCUT2D eigenvalue weighted by Crippen LogP contribution is -2.47. The molecule has 3 heterocycles. The van der Waals surface area contributed by atoms with Gasteiger partial charge in [0, 0.05) is 17.4 Å². The highest BCUT2D eigenvalue weighted by Gasteiger charge is 2.66. The average Bonchev–Trinajstić information content (AvgIpc) is 2.85. The molecule has 98 valence electrons. The van der Waals surface area contributed by atoms with Gasteiger partial charge >= 0.3 is 0 Å². The Labute approximate surface area is 105 Å². The Morgan fingerprint density at radius 2 is 2.22 bits per heavy atom. The van der Waals surface area contributed by atoms with E-state index in [1.807, 2.05) is 26.8 Å². The number of rotatable bonds is 1. The van der Waals surface area contributed by atoms with Gasteiger partial charge in [-0.1, -0.05) is 12.2 Å². The predicted molar refractivity (Wildman–Crippen MR) is 60.2 cm³/mol. The van der Waals surface area contributed by atoms with Crippen molar-refractivity contribution in [3.8, 4) is 0 Å². The number of ether oxygens (including phenoxy) is 1. The fourth-order valence-corrected chi connectivity index (χ4v) is 3.34. The van der Waals surface area contributed by atoms with Gasteiger partial charge in [-0.2, -0.15) is 0 Å². The second-order valence-corrected chi connectivity index (χ2v) is 6.31. The van der Waals surface area contributed by atoms with Gasteiger partial charge in [0.15, 0.2) is 0 Å². The fraction of sp³-hybridized carbons (Fsp3) is 0.692. The summed E-state index contributed by atoms with van der Waals surface area (Å²) < 4.78 is 5.76. The van der Waals surface area contributed by atoms with Crippen molar-refractivity contribution in [3.05, 3.63) is 12.2 Å². The molecule has 18 heavy (non-hydrogen) atoms. The standard InChI is InChI=1S/C13H17NO4/c1-12(2,3)14-6-13-5-4-7(18-13)8(11(16)17)9(13)10(14)15/h4-5,7-9H,6H2,1-3H3,(H,16,17)/p-1/t7-,8-,9+,13+/m0/s1. The summed E-state index contributed by atoms with van der Waals surface area (Å²) in [5.41, 5.74) is -1.08.